The molecule has 2 saturated heterocycles. The highest BCUT2D eigenvalue weighted by atomic mass is 79.9. The van der Waals surface area contributed by atoms with Crippen LogP contribution in [0.3, 0.4) is 0 Å². The maximum atomic E-state index is 13.6. The average molecular weight is 616 g/mol. The van der Waals surface area contributed by atoms with Crippen molar-refractivity contribution in [3.05, 3.63) is 45.0 Å². The lowest BCUT2D eigenvalue weighted by molar-refractivity contribution is -0.141. The molecule has 1 aliphatic carbocycles. The minimum absolute atomic E-state index is 0.0842. The Labute approximate surface area is 244 Å². The number of hydrogen-bond donors (Lipinski definition) is 3. The molecule has 216 valence electrons. The van der Waals surface area contributed by atoms with Crippen LogP contribution in [0.1, 0.15) is 77.2 Å². The summed E-state index contributed by atoms with van der Waals surface area (Å²) in [7, 11) is -1.01. The Balaban J connectivity index is 1.51. The highest BCUT2D eigenvalue weighted by molar-refractivity contribution is 9.10. The van der Waals surface area contributed by atoms with Crippen LogP contribution < -0.4 is 0 Å². The van der Waals surface area contributed by atoms with Gasteiger partial charge in [0.05, 0.1) is 17.9 Å². The maximum Gasteiger partial charge on any atom is 0.455 e. The van der Waals surface area contributed by atoms with Crippen molar-refractivity contribution in [3.8, 4) is 5.75 Å². The van der Waals surface area contributed by atoms with Crippen LogP contribution in [0.5, 0.6) is 5.75 Å². The van der Waals surface area contributed by atoms with Crippen LogP contribution in [0.15, 0.2) is 39.4 Å². The molecule has 1 aromatic carbocycles. The Morgan fingerprint density at radius 2 is 1.95 bits per heavy atom. The quantitative estimate of drug-likeness (QED) is 0.121. The molecule has 2 aliphatic heterocycles. The van der Waals surface area contributed by atoms with Crippen molar-refractivity contribution >= 4 is 46.9 Å². The first-order valence-electron chi connectivity index (χ1n) is 14.4. The van der Waals surface area contributed by atoms with Gasteiger partial charge in [0.1, 0.15) is 5.75 Å². The minimum Gasteiger partial charge on any atom is -0.507 e. The smallest absolute Gasteiger partial charge is 0.455 e. The van der Waals surface area contributed by atoms with E-state index in [4.69, 9.17) is 9.76 Å². The number of imide groups is 1. The molecule has 0 spiro atoms. The molecule has 3 aliphatic rings. The predicted molar refractivity (Wildman–Crippen MR) is 156 cm³/mol. The Hall–Kier alpha value is -2.43. The normalized spacial score (nSPS) is 24.9. The fourth-order valence-corrected chi connectivity index (χ4v) is 7.03. The van der Waals surface area contributed by atoms with Gasteiger partial charge in [-0.3, -0.25) is 19.3 Å². The number of amides is 2. The van der Waals surface area contributed by atoms with Gasteiger partial charge >= 0.3 is 13.1 Å². The van der Waals surface area contributed by atoms with Crippen molar-refractivity contribution in [2.45, 2.75) is 84.1 Å². The van der Waals surface area contributed by atoms with E-state index in [0.29, 0.717) is 51.4 Å². The van der Waals surface area contributed by atoms with Gasteiger partial charge in [-0.05, 0) is 81.5 Å². The van der Waals surface area contributed by atoms with Crippen molar-refractivity contribution in [1.82, 2.24) is 4.90 Å². The monoisotopic (exact) mass is 615 g/mol. The molecular weight excluding hydrogens is 577 g/mol. The number of aromatic hydroxyl groups is 1. The molecule has 8 nitrogen and oxygen atoms in total. The van der Waals surface area contributed by atoms with Gasteiger partial charge in [-0.25, -0.2) is 0 Å². The number of carboxylic acids is 1. The Morgan fingerprint density at radius 3 is 2.67 bits per heavy atom. The first-order chi connectivity index (χ1) is 19.1. The summed E-state index contributed by atoms with van der Waals surface area (Å²) in [6.45, 7) is 4.41. The lowest BCUT2D eigenvalue weighted by atomic mass is 9.58. The summed E-state index contributed by atoms with van der Waals surface area (Å²) in [4.78, 5) is 39.2. The second kappa shape index (κ2) is 13.5. The first-order valence-corrected chi connectivity index (χ1v) is 15.2. The summed E-state index contributed by atoms with van der Waals surface area (Å²) in [6.07, 6.45) is 7.32. The number of hydrogen-bond acceptors (Lipinski definition) is 6. The summed E-state index contributed by atoms with van der Waals surface area (Å²) in [6, 6.07) is 5.29. The number of allylic oxidation sites excluding steroid dienone is 2. The number of carbonyl (C=O) groups excluding carboxylic acids is 2. The third-order valence-corrected chi connectivity index (χ3v) is 8.91. The lowest BCUT2D eigenvalue weighted by Gasteiger charge is -2.43. The standard InChI is InChI=1S/C30H39BBrNO7/c1-3-7-19-16-22-28(30(38)33(29(22)37)13-6-4-5-8-26(35)36)23-17-31(39)40-25(27(19)23)12-9-18(2)14-20-15-21(32)10-11-24(20)34/h10-11,14-15,22-23,25,28,34,39H,3-9,12-13,16-17H2,1-2H3,(H,35,36)/b18-14+/t22-,23+,25-,28-/m1/s1. The number of carboxylic acid groups (broad SMARTS) is 1. The number of phenols is 1. The third kappa shape index (κ3) is 6.89. The molecule has 0 bridgehead atoms. The molecule has 1 aromatic rings. The number of aliphatic carboxylic acids is 1. The van der Waals surface area contributed by atoms with Gasteiger partial charge in [-0.1, -0.05) is 52.9 Å². The summed E-state index contributed by atoms with van der Waals surface area (Å²) >= 11 is 3.44. The Bertz CT molecular complexity index is 1200. The van der Waals surface area contributed by atoms with E-state index in [1.54, 1.807) is 12.1 Å². The predicted octanol–water partition coefficient (Wildman–Crippen LogP) is 5.58. The Morgan fingerprint density at radius 1 is 1.18 bits per heavy atom. The van der Waals surface area contributed by atoms with Crippen molar-refractivity contribution in [3.63, 3.8) is 0 Å². The van der Waals surface area contributed by atoms with Crippen LogP contribution in [-0.4, -0.2) is 57.7 Å². The largest absolute Gasteiger partial charge is 0.507 e. The van der Waals surface area contributed by atoms with E-state index in [0.717, 1.165) is 34.0 Å². The van der Waals surface area contributed by atoms with Gasteiger partial charge in [0.15, 0.2) is 0 Å². The second-order valence-electron chi connectivity index (χ2n) is 11.3. The average Bonchev–Trinajstić information content (AvgIpc) is 3.13. The Kier molecular flexibility index (Phi) is 10.3. The zero-order valence-electron chi connectivity index (χ0n) is 23.3. The van der Waals surface area contributed by atoms with Gasteiger partial charge in [0.2, 0.25) is 11.8 Å². The van der Waals surface area contributed by atoms with Crippen molar-refractivity contribution < 1.29 is 34.3 Å². The van der Waals surface area contributed by atoms with Gasteiger partial charge in [-0.15, -0.1) is 0 Å². The van der Waals surface area contributed by atoms with Crippen molar-refractivity contribution in [2.75, 3.05) is 6.54 Å². The van der Waals surface area contributed by atoms with Crippen LogP contribution in [0.25, 0.3) is 6.08 Å². The van der Waals surface area contributed by atoms with E-state index in [-0.39, 0.29) is 36.0 Å². The number of likely N-dealkylation sites (tertiary alicyclic amines) is 1. The van der Waals surface area contributed by atoms with Crippen molar-refractivity contribution in [2.24, 2.45) is 17.8 Å². The maximum absolute atomic E-state index is 13.6. The number of unbranched alkanes of at least 4 members (excludes halogenated alkanes) is 2. The highest BCUT2D eigenvalue weighted by Gasteiger charge is 2.56. The highest BCUT2D eigenvalue weighted by Crippen LogP contribution is 2.51. The number of benzene rings is 1. The molecule has 2 amide bonds. The van der Waals surface area contributed by atoms with Gasteiger partial charge in [0.25, 0.3) is 0 Å². The fourth-order valence-electron chi connectivity index (χ4n) is 6.65. The summed E-state index contributed by atoms with van der Waals surface area (Å²) < 4.78 is 6.96. The summed E-state index contributed by atoms with van der Waals surface area (Å²) in [5.74, 6) is -2.07. The summed E-state index contributed by atoms with van der Waals surface area (Å²) in [5, 5.41) is 29.8. The number of fused-ring (bicyclic) bond motifs is 3. The van der Waals surface area contributed by atoms with Crippen LogP contribution in [-0.2, 0) is 19.0 Å². The van der Waals surface area contributed by atoms with Gasteiger partial charge < -0.3 is 19.9 Å². The first kappa shape index (κ1) is 30.5. The lowest BCUT2D eigenvalue weighted by Crippen LogP contribution is -2.46. The molecule has 0 radical (unpaired) electrons. The number of nitrogens with zero attached hydrogens (tertiary/aromatic N) is 1. The van der Waals surface area contributed by atoms with Crippen LogP contribution in [0, 0.1) is 17.8 Å². The van der Waals surface area contributed by atoms with E-state index >= 15 is 0 Å². The number of phenolic OH excluding ortho intramolecular Hbond substituents is 1. The third-order valence-electron chi connectivity index (χ3n) is 8.42. The molecule has 2 heterocycles. The van der Waals surface area contributed by atoms with Crippen molar-refractivity contribution in [1.29, 1.82) is 0 Å². The van der Waals surface area contributed by atoms with Gasteiger partial charge in [0, 0.05) is 23.0 Å². The molecular formula is C30H39BBrNO7. The van der Waals surface area contributed by atoms with Gasteiger partial charge in [-0.2, -0.15) is 0 Å². The molecule has 10 heteroatoms. The molecule has 2 fully saturated rings. The SMILES string of the molecule is CCCC1=C2[C@@H](CC/C(C)=C/c3cc(Br)ccc3O)OB(O)C[C@@H]2[C@@H]2C(=O)N(CCCCCC(=O)O)C(=O)[C@@H]2C1. The molecule has 0 saturated carbocycles. The molecule has 0 unspecified atom stereocenters. The molecule has 0 aromatic heterocycles. The number of rotatable bonds is 12. The number of halogens is 1. The minimum atomic E-state index is -1.01. The molecule has 4 rings (SSSR count). The van der Waals surface area contributed by atoms with Crippen LogP contribution >= 0.6 is 15.9 Å². The van der Waals surface area contributed by atoms with E-state index in [9.17, 15) is 24.5 Å². The van der Waals surface area contributed by atoms with E-state index in [2.05, 4.69) is 22.9 Å². The summed E-state index contributed by atoms with van der Waals surface area (Å²) in [5.41, 5.74) is 4.05. The topological polar surface area (TPSA) is 124 Å². The zero-order valence-corrected chi connectivity index (χ0v) is 24.9. The molecule has 40 heavy (non-hydrogen) atoms. The fraction of sp³-hybridized carbons (Fsp3) is 0.567. The molecule has 3 N–H and O–H groups in total. The van der Waals surface area contributed by atoms with E-state index in [1.165, 1.54) is 10.5 Å². The van der Waals surface area contributed by atoms with Crippen LogP contribution in [0.4, 0.5) is 0 Å². The number of carbonyl (C=O) groups is 3. The van der Waals surface area contributed by atoms with Crippen LogP contribution in [0.2, 0.25) is 6.32 Å². The zero-order chi connectivity index (χ0) is 29.0. The van der Waals surface area contributed by atoms with E-state index < -0.39 is 24.9 Å². The van der Waals surface area contributed by atoms with E-state index in [1.807, 2.05) is 19.1 Å². The second-order valence-corrected chi connectivity index (χ2v) is 12.2. The molecule has 4 atom stereocenters.